The Morgan fingerprint density at radius 3 is 2.20 bits per heavy atom. The molecule has 0 aliphatic carbocycles. The molecule has 25 heavy (non-hydrogen) atoms. The molecule has 0 saturated carbocycles. The number of anilines is 1. The molecule has 0 unspecified atom stereocenters. The second-order valence-corrected chi connectivity index (χ2v) is 6.05. The van der Waals surface area contributed by atoms with Crippen LogP contribution in [-0.2, 0) is 11.2 Å². The highest BCUT2D eigenvalue weighted by Crippen LogP contribution is 2.21. The van der Waals surface area contributed by atoms with E-state index in [-0.39, 0.29) is 5.91 Å². The summed E-state index contributed by atoms with van der Waals surface area (Å²) < 4.78 is 1.91. The predicted molar refractivity (Wildman–Crippen MR) is 101 cm³/mol. The fourth-order valence-corrected chi connectivity index (χ4v) is 3.11. The molecule has 0 saturated heterocycles. The lowest BCUT2D eigenvalue weighted by atomic mass is 10.1. The lowest BCUT2D eigenvalue weighted by molar-refractivity contribution is -0.117. The van der Waals surface area contributed by atoms with E-state index in [1.807, 2.05) is 91.0 Å². The highest BCUT2D eigenvalue weighted by molar-refractivity contribution is 5.94. The third-order valence-electron chi connectivity index (χ3n) is 4.46. The molecule has 1 aromatic heterocycles. The fourth-order valence-electron chi connectivity index (χ4n) is 3.11. The standard InChI is InChI=1S/C21H23N3O/c1-4-23(18-11-7-5-8-12-18)21(25)15-20-16(2)22-24(17(20)3)19-13-9-6-10-14-19/h5-14H,4,15H2,1-3H3. The van der Waals surface area contributed by atoms with Crippen molar-refractivity contribution in [2.24, 2.45) is 0 Å². The number of benzene rings is 2. The molecule has 0 fully saturated rings. The Labute approximate surface area is 148 Å². The topological polar surface area (TPSA) is 38.1 Å². The van der Waals surface area contributed by atoms with Gasteiger partial charge in [0, 0.05) is 23.5 Å². The fraction of sp³-hybridized carbons (Fsp3) is 0.238. The highest BCUT2D eigenvalue weighted by atomic mass is 16.2. The van der Waals surface area contributed by atoms with Gasteiger partial charge in [-0.15, -0.1) is 0 Å². The number of hydrogen-bond acceptors (Lipinski definition) is 2. The van der Waals surface area contributed by atoms with Crippen molar-refractivity contribution in [3.63, 3.8) is 0 Å². The Balaban J connectivity index is 1.88. The van der Waals surface area contributed by atoms with Crippen molar-refractivity contribution in [2.75, 3.05) is 11.4 Å². The maximum Gasteiger partial charge on any atom is 0.231 e. The van der Waals surface area contributed by atoms with Crippen LogP contribution in [0, 0.1) is 13.8 Å². The Kier molecular flexibility index (Phi) is 4.98. The van der Waals surface area contributed by atoms with Gasteiger partial charge >= 0.3 is 0 Å². The van der Waals surface area contributed by atoms with Gasteiger partial charge in [-0.1, -0.05) is 36.4 Å². The van der Waals surface area contributed by atoms with Crippen LogP contribution in [-0.4, -0.2) is 22.2 Å². The first kappa shape index (κ1) is 17.0. The van der Waals surface area contributed by atoms with Crippen molar-refractivity contribution < 1.29 is 4.79 Å². The zero-order valence-electron chi connectivity index (χ0n) is 14.9. The van der Waals surface area contributed by atoms with E-state index in [1.54, 1.807) is 0 Å². The van der Waals surface area contributed by atoms with Gasteiger partial charge in [0.05, 0.1) is 17.8 Å². The van der Waals surface area contributed by atoms with Crippen molar-refractivity contribution in [3.05, 3.63) is 77.6 Å². The van der Waals surface area contributed by atoms with Crippen LogP contribution in [0.4, 0.5) is 5.69 Å². The Hall–Kier alpha value is -2.88. The van der Waals surface area contributed by atoms with E-state index in [2.05, 4.69) is 5.10 Å². The molecule has 2 aromatic carbocycles. The zero-order valence-corrected chi connectivity index (χ0v) is 14.9. The van der Waals surface area contributed by atoms with Crippen molar-refractivity contribution in [2.45, 2.75) is 27.2 Å². The first-order valence-electron chi connectivity index (χ1n) is 8.57. The van der Waals surface area contributed by atoms with Crippen LogP contribution in [0.2, 0.25) is 0 Å². The zero-order chi connectivity index (χ0) is 17.8. The molecule has 0 N–H and O–H groups in total. The van der Waals surface area contributed by atoms with E-state index in [0.29, 0.717) is 13.0 Å². The van der Waals surface area contributed by atoms with Crippen molar-refractivity contribution in [1.29, 1.82) is 0 Å². The summed E-state index contributed by atoms with van der Waals surface area (Å²) in [6, 6.07) is 19.8. The molecular formula is C21H23N3O. The Morgan fingerprint density at radius 2 is 1.60 bits per heavy atom. The second kappa shape index (κ2) is 7.34. The number of carbonyl (C=O) groups excluding carboxylic acids is 1. The van der Waals surface area contributed by atoms with E-state index in [9.17, 15) is 4.79 Å². The highest BCUT2D eigenvalue weighted by Gasteiger charge is 2.20. The molecule has 0 bridgehead atoms. The molecule has 0 aliphatic rings. The maximum absolute atomic E-state index is 12.9. The van der Waals surface area contributed by atoms with E-state index in [1.165, 1.54) is 0 Å². The van der Waals surface area contributed by atoms with Crippen LogP contribution in [0.15, 0.2) is 60.7 Å². The van der Waals surface area contributed by atoms with Crippen LogP contribution in [0.5, 0.6) is 0 Å². The summed E-state index contributed by atoms with van der Waals surface area (Å²) in [5.41, 5.74) is 4.86. The largest absolute Gasteiger partial charge is 0.312 e. The summed E-state index contributed by atoms with van der Waals surface area (Å²) in [6.45, 7) is 6.63. The number of carbonyl (C=O) groups is 1. The number of aromatic nitrogens is 2. The minimum Gasteiger partial charge on any atom is -0.312 e. The number of aryl methyl sites for hydroxylation is 1. The number of amides is 1. The third kappa shape index (κ3) is 3.48. The van der Waals surface area contributed by atoms with Crippen LogP contribution in [0.1, 0.15) is 23.9 Å². The molecular weight excluding hydrogens is 310 g/mol. The summed E-state index contributed by atoms with van der Waals surface area (Å²) in [6.07, 6.45) is 0.354. The van der Waals surface area contributed by atoms with Crippen LogP contribution in [0.3, 0.4) is 0 Å². The Morgan fingerprint density at radius 1 is 1.00 bits per heavy atom. The molecule has 0 radical (unpaired) electrons. The Bertz CT molecular complexity index is 854. The van der Waals surface area contributed by atoms with Gasteiger partial charge in [0.15, 0.2) is 0 Å². The molecule has 0 spiro atoms. The lowest BCUT2D eigenvalue weighted by Gasteiger charge is -2.21. The van der Waals surface area contributed by atoms with E-state index < -0.39 is 0 Å². The van der Waals surface area contributed by atoms with Crippen molar-refractivity contribution in [3.8, 4) is 5.69 Å². The van der Waals surface area contributed by atoms with E-state index in [4.69, 9.17) is 0 Å². The SMILES string of the molecule is CCN(C(=O)Cc1c(C)nn(-c2ccccc2)c1C)c1ccccc1. The van der Waals surface area contributed by atoms with Gasteiger partial charge in [0.2, 0.25) is 5.91 Å². The van der Waals surface area contributed by atoms with Gasteiger partial charge in [0.25, 0.3) is 0 Å². The maximum atomic E-state index is 12.9. The summed E-state index contributed by atoms with van der Waals surface area (Å²) >= 11 is 0. The average molecular weight is 333 g/mol. The van der Waals surface area contributed by atoms with Crippen LogP contribution in [0.25, 0.3) is 5.69 Å². The van der Waals surface area contributed by atoms with Gasteiger partial charge < -0.3 is 4.90 Å². The van der Waals surface area contributed by atoms with Gasteiger partial charge in [0.1, 0.15) is 0 Å². The van der Waals surface area contributed by atoms with Gasteiger partial charge in [-0.2, -0.15) is 5.10 Å². The predicted octanol–water partition coefficient (Wildman–Crippen LogP) is 4.08. The lowest BCUT2D eigenvalue weighted by Crippen LogP contribution is -2.32. The molecule has 128 valence electrons. The molecule has 3 rings (SSSR count). The molecule has 4 nitrogen and oxygen atoms in total. The molecule has 1 heterocycles. The van der Waals surface area contributed by atoms with Gasteiger partial charge in [-0.05, 0) is 45.0 Å². The number of para-hydroxylation sites is 2. The van der Waals surface area contributed by atoms with Crippen molar-refractivity contribution >= 4 is 11.6 Å². The monoisotopic (exact) mass is 333 g/mol. The summed E-state index contributed by atoms with van der Waals surface area (Å²) in [5, 5.41) is 4.64. The number of nitrogens with zero attached hydrogens (tertiary/aromatic N) is 3. The van der Waals surface area contributed by atoms with E-state index in [0.717, 1.165) is 28.3 Å². The normalized spacial score (nSPS) is 10.7. The quantitative estimate of drug-likeness (QED) is 0.705. The summed E-state index contributed by atoms with van der Waals surface area (Å²) in [5.74, 6) is 0.0903. The number of hydrogen-bond donors (Lipinski definition) is 0. The average Bonchev–Trinajstić information content (AvgIpc) is 2.92. The number of rotatable bonds is 5. The molecule has 0 aliphatic heterocycles. The molecule has 0 atom stereocenters. The first-order valence-corrected chi connectivity index (χ1v) is 8.57. The minimum atomic E-state index is 0.0903. The van der Waals surface area contributed by atoms with Gasteiger partial charge in [-0.3, -0.25) is 4.79 Å². The second-order valence-electron chi connectivity index (χ2n) is 6.05. The smallest absolute Gasteiger partial charge is 0.231 e. The summed E-state index contributed by atoms with van der Waals surface area (Å²) in [4.78, 5) is 14.7. The van der Waals surface area contributed by atoms with Gasteiger partial charge in [-0.25, -0.2) is 4.68 Å². The molecule has 3 aromatic rings. The van der Waals surface area contributed by atoms with Crippen molar-refractivity contribution in [1.82, 2.24) is 9.78 Å². The molecule has 4 heteroatoms. The third-order valence-corrected chi connectivity index (χ3v) is 4.46. The van der Waals surface area contributed by atoms with E-state index >= 15 is 0 Å². The van der Waals surface area contributed by atoms with Crippen LogP contribution >= 0.6 is 0 Å². The first-order chi connectivity index (χ1) is 12.1. The molecule has 1 amide bonds. The minimum absolute atomic E-state index is 0.0903. The van der Waals surface area contributed by atoms with Crippen LogP contribution < -0.4 is 4.90 Å². The number of likely N-dealkylation sites (N-methyl/N-ethyl adjacent to an activating group) is 1. The summed E-state index contributed by atoms with van der Waals surface area (Å²) in [7, 11) is 0.